The van der Waals surface area contributed by atoms with Crippen LogP contribution in [0.5, 0.6) is 11.5 Å². The van der Waals surface area contributed by atoms with Crippen LogP contribution < -0.4 is 20.1 Å². The third-order valence-electron chi connectivity index (χ3n) is 5.63. The van der Waals surface area contributed by atoms with Crippen molar-refractivity contribution in [3.05, 3.63) is 35.5 Å². The molecular weight excluding hydrogens is 344 g/mol. The predicted octanol–water partition coefficient (Wildman–Crippen LogP) is 3.48. The first-order valence-corrected chi connectivity index (χ1v) is 9.51. The molecule has 0 atom stereocenters. The number of carbonyl (C=O) groups excluding carboxylic acids is 1. The quantitative estimate of drug-likeness (QED) is 0.864. The number of ether oxygens (including phenoxy) is 2. The molecular formula is C20H26N4O3. The highest BCUT2D eigenvalue weighted by Crippen LogP contribution is 2.43. The van der Waals surface area contributed by atoms with E-state index in [4.69, 9.17) is 9.47 Å². The zero-order valence-electron chi connectivity index (χ0n) is 15.9. The molecule has 0 unspecified atom stereocenters. The van der Waals surface area contributed by atoms with Crippen molar-refractivity contribution in [3.63, 3.8) is 0 Å². The van der Waals surface area contributed by atoms with E-state index < -0.39 is 0 Å². The second kappa shape index (κ2) is 7.13. The maximum Gasteiger partial charge on any atom is 0.320 e. The van der Waals surface area contributed by atoms with Gasteiger partial charge in [-0.25, -0.2) is 4.79 Å². The third-order valence-corrected chi connectivity index (χ3v) is 5.63. The van der Waals surface area contributed by atoms with Gasteiger partial charge in [-0.15, -0.1) is 0 Å². The highest BCUT2D eigenvalue weighted by atomic mass is 16.7. The van der Waals surface area contributed by atoms with Gasteiger partial charge in [-0.05, 0) is 37.5 Å². The van der Waals surface area contributed by atoms with Crippen LogP contribution in [0.3, 0.4) is 0 Å². The average Bonchev–Trinajstić information content (AvgIpc) is 3.26. The van der Waals surface area contributed by atoms with Gasteiger partial charge in [0.25, 0.3) is 0 Å². The van der Waals surface area contributed by atoms with E-state index >= 15 is 0 Å². The maximum absolute atomic E-state index is 12.5. The number of hydrogen-bond acceptors (Lipinski definition) is 4. The van der Waals surface area contributed by atoms with Crippen LogP contribution in [0.2, 0.25) is 0 Å². The lowest BCUT2D eigenvalue weighted by Crippen LogP contribution is -2.43. The standard InChI is InChI=1S/C20H26N4O3/c1-14-10-18(24(2)23-14)22-19(25)21-12-20(8-4-3-5-9-20)15-6-7-16-17(11-15)27-13-26-16/h6-7,10-11H,3-5,8-9,12-13H2,1-2H3,(H2,21,22,25). The lowest BCUT2D eigenvalue weighted by Gasteiger charge is -2.38. The number of urea groups is 1. The molecule has 2 aromatic rings. The van der Waals surface area contributed by atoms with Crippen molar-refractivity contribution in [2.24, 2.45) is 7.05 Å². The van der Waals surface area contributed by atoms with Crippen LogP contribution in [0.25, 0.3) is 0 Å². The van der Waals surface area contributed by atoms with Gasteiger partial charge in [0, 0.05) is 25.1 Å². The zero-order chi connectivity index (χ0) is 18.9. The molecule has 2 aliphatic rings. The van der Waals surface area contributed by atoms with Gasteiger partial charge in [-0.3, -0.25) is 10.00 Å². The molecule has 2 amide bonds. The van der Waals surface area contributed by atoms with Crippen molar-refractivity contribution in [2.75, 3.05) is 18.7 Å². The van der Waals surface area contributed by atoms with Gasteiger partial charge >= 0.3 is 6.03 Å². The number of fused-ring (bicyclic) bond motifs is 1. The van der Waals surface area contributed by atoms with E-state index in [0.29, 0.717) is 12.4 Å². The Balaban J connectivity index is 1.49. The first-order valence-electron chi connectivity index (χ1n) is 9.51. The maximum atomic E-state index is 12.5. The van der Waals surface area contributed by atoms with Crippen LogP contribution in [0, 0.1) is 6.92 Å². The van der Waals surface area contributed by atoms with E-state index in [1.54, 1.807) is 4.68 Å². The molecule has 1 fully saturated rings. The fraction of sp³-hybridized carbons (Fsp3) is 0.500. The topological polar surface area (TPSA) is 77.4 Å². The van der Waals surface area contributed by atoms with Crippen LogP contribution in [-0.4, -0.2) is 29.1 Å². The van der Waals surface area contributed by atoms with Gasteiger partial charge < -0.3 is 14.8 Å². The number of aromatic nitrogens is 2. The van der Waals surface area contributed by atoms with E-state index in [-0.39, 0.29) is 18.2 Å². The summed E-state index contributed by atoms with van der Waals surface area (Å²) in [5, 5.41) is 10.2. The lowest BCUT2D eigenvalue weighted by atomic mass is 9.69. The van der Waals surface area contributed by atoms with Gasteiger partial charge in [0.05, 0.1) is 5.69 Å². The molecule has 0 radical (unpaired) electrons. The second-order valence-corrected chi connectivity index (χ2v) is 7.51. The van der Waals surface area contributed by atoms with Crippen molar-refractivity contribution in [3.8, 4) is 11.5 Å². The Hall–Kier alpha value is -2.70. The van der Waals surface area contributed by atoms with Crippen LogP contribution >= 0.6 is 0 Å². The molecule has 0 bridgehead atoms. The molecule has 0 saturated heterocycles. The molecule has 0 spiro atoms. The molecule has 2 heterocycles. The van der Waals surface area contributed by atoms with Gasteiger partial charge in [0.1, 0.15) is 5.82 Å². The number of aryl methyl sites for hydroxylation is 2. The smallest absolute Gasteiger partial charge is 0.320 e. The summed E-state index contributed by atoms with van der Waals surface area (Å²) in [5.74, 6) is 2.28. The molecule has 27 heavy (non-hydrogen) atoms. The molecule has 7 nitrogen and oxygen atoms in total. The zero-order valence-corrected chi connectivity index (χ0v) is 15.9. The number of hydrogen-bond donors (Lipinski definition) is 2. The number of nitrogens with zero attached hydrogens (tertiary/aromatic N) is 2. The largest absolute Gasteiger partial charge is 0.454 e. The fourth-order valence-corrected chi connectivity index (χ4v) is 4.16. The van der Waals surface area contributed by atoms with Crippen LogP contribution in [-0.2, 0) is 12.5 Å². The van der Waals surface area contributed by atoms with Crippen molar-refractivity contribution in [2.45, 2.75) is 44.4 Å². The van der Waals surface area contributed by atoms with Crippen molar-refractivity contribution in [1.82, 2.24) is 15.1 Å². The van der Waals surface area contributed by atoms with E-state index in [0.717, 1.165) is 30.0 Å². The van der Waals surface area contributed by atoms with E-state index in [2.05, 4.69) is 27.9 Å². The van der Waals surface area contributed by atoms with E-state index in [1.165, 1.54) is 24.8 Å². The second-order valence-electron chi connectivity index (χ2n) is 7.51. The molecule has 1 aliphatic heterocycles. The summed E-state index contributed by atoms with van der Waals surface area (Å²) in [6, 6.07) is 7.82. The normalized spacial score (nSPS) is 17.6. The SMILES string of the molecule is Cc1cc(NC(=O)NCC2(c3ccc4c(c3)OCO4)CCCCC2)n(C)n1. The molecule has 1 aromatic heterocycles. The van der Waals surface area contributed by atoms with Crippen LogP contribution in [0.1, 0.15) is 43.4 Å². The Morgan fingerprint density at radius 1 is 1.19 bits per heavy atom. The van der Waals surface area contributed by atoms with Crippen molar-refractivity contribution in [1.29, 1.82) is 0 Å². The fourth-order valence-electron chi connectivity index (χ4n) is 4.16. The minimum atomic E-state index is -0.205. The number of anilines is 1. The Kier molecular flexibility index (Phi) is 4.68. The summed E-state index contributed by atoms with van der Waals surface area (Å²) >= 11 is 0. The minimum Gasteiger partial charge on any atom is -0.454 e. The Morgan fingerprint density at radius 3 is 2.70 bits per heavy atom. The lowest BCUT2D eigenvalue weighted by molar-refractivity contribution is 0.174. The van der Waals surface area contributed by atoms with Crippen molar-refractivity contribution < 1.29 is 14.3 Å². The summed E-state index contributed by atoms with van der Waals surface area (Å²) in [5.41, 5.74) is 2.01. The van der Waals surface area contributed by atoms with E-state index in [9.17, 15) is 4.79 Å². The van der Waals surface area contributed by atoms with Crippen LogP contribution in [0.15, 0.2) is 24.3 Å². The summed E-state index contributed by atoms with van der Waals surface area (Å²) in [4.78, 5) is 12.5. The van der Waals surface area contributed by atoms with Gasteiger partial charge in [0.2, 0.25) is 6.79 Å². The number of amides is 2. The molecule has 144 valence electrons. The van der Waals surface area contributed by atoms with Crippen molar-refractivity contribution >= 4 is 11.8 Å². The van der Waals surface area contributed by atoms with Gasteiger partial charge in [-0.2, -0.15) is 5.10 Å². The van der Waals surface area contributed by atoms with Gasteiger partial charge in [0.15, 0.2) is 11.5 Å². The van der Waals surface area contributed by atoms with Crippen LogP contribution in [0.4, 0.5) is 10.6 Å². The highest BCUT2D eigenvalue weighted by Gasteiger charge is 2.35. The summed E-state index contributed by atoms with van der Waals surface area (Å²) in [6.45, 7) is 2.77. The monoisotopic (exact) mass is 370 g/mol. The molecule has 1 saturated carbocycles. The molecule has 4 rings (SSSR count). The molecule has 2 N–H and O–H groups in total. The summed E-state index contributed by atoms with van der Waals surface area (Å²) in [6.07, 6.45) is 5.68. The molecule has 1 aromatic carbocycles. The average molecular weight is 370 g/mol. The first-order chi connectivity index (χ1) is 13.1. The molecule has 1 aliphatic carbocycles. The summed E-state index contributed by atoms with van der Waals surface area (Å²) < 4.78 is 12.7. The Morgan fingerprint density at radius 2 is 1.96 bits per heavy atom. The summed E-state index contributed by atoms with van der Waals surface area (Å²) in [7, 11) is 1.82. The Labute approximate surface area is 159 Å². The van der Waals surface area contributed by atoms with Gasteiger partial charge in [-0.1, -0.05) is 25.3 Å². The highest BCUT2D eigenvalue weighted by molar-refractivity contribution is 5.88. The number of rotatable bonds is 4. The first kappa shape index (κ1) is 17.7. The predicted molar refractivity (Wildman–Crippen MR) is 102 cm³/mol. The minimum absolute atomic E-state index is 0.0705. The molecule has 7 heteroatoms. The number of carbonyl (C=O) groups is 1. The third kappa shape index (κ3) is 3.59. The number of benzene rings is 1. The number of nitrogens with one attached hydrogen (secondary N) is 2. The van der Waals surface area contributed by atoms with E-state index in [1.807, 2.05) is 26.1 Å². The Bertz CT molecular complexity index is 840.